The predicted molar refractivity (Wildman–Crippen MR) is 78.6 cm³/mol. The van der Waals surface area contributed by atoms with Crippen LogP contribution in [0.25, 0.3) is 0 Å². The molecule has 5 heteroatoms. The molecule has 0 aliphatic heterocycles. The molecule has 3 nitrogen and oxygen atoms in total. The summed E-state index contributed by atoms with van der Waals surface area (Å²) in [5.74, 6) is -2.00. The molecule has 2 aromatic rings. The van der Waals surface area contributed by atoms with Gasteiger partial charge in [-0.3, -0.25) is 0 Å². The number of hydrogen-bond acceptors (Lipinski definition) is 3. The first kappa shape index (κ1) is 16.1. The van der Waals surface area contributed by atoms with Gasteiger partial charge in [0.15, 0.2) is 0 Å². The fourth-order valence-corrected chi connectivity index (χ4v) is 2.03. The maximum Gasteiger partial charge on any atom is 0.338 e. The minimum absolute atomic E-state index is 0.281. The lowest BCUT2D eigenvalue weighted by molar-refractivity contribution is 0.0498. The Labute approximate surface area is 128 Å². The van der Waals surface area contributed by atoms with E-state index in [2.05, 4.69) is 4.98 Å². The average Bonchev–Trinajstić information content (AvgIpc) is 2.46. The van der Waals surface area contributed by atoms with Crippen molar-refractivity contribution < 1.29 is 18.3 Å². The van der Waals surface area contributed by atoms with Gasteiger partial charge in [0.05, 0.1) is 12.2 Å². The van der Waals surface area contributed by atoms with Crippen LogP contribution in [0.5, 0.6) is 0 Å². The van der Waals surface area contributed by atoms with Gasteiger partial charge in [0, 0.05) is 0 Å². The lowest BCUT2D eigenvalue weighted by atomic mass is 10.1. The number of hydrogen-bond donors (Lipinski definition) is 0. The standard InChI is InChI=1S/C17H17F2NO2/c1-12-5-7-14(8-6-12)17(21)22-9-3-2-4-13-10-15(18)20-16(19)11-13/h5-8,10-11H,2-4,9H2,1H3. The monoisotopic (exact) mass is 305 g/mol. The first-order valence-electron chi connectivity index (χ1n) is 7.10. The Hall–Kier alpha value is -2.30. The quantitative estimate of drug-likeness (QED) is 0.462. The molecule has 1 heterocycles. The van der Waals surface area contributed by atoms with E-state index in [1.807, 2.05) is 19.1 Å². The predicted octanol–water partition coefficient (Wildman–Crippen LogP) is 3.85. The van der Waals surface area contributed by atoms with Crippen molar-refractivity contribution in [2.45, 2.75) is 26.2 Å². The molecule has 0 spiro atoms. The van der Waals surface area contributed by atoms with Crippen LogP contribution in [-0.2, 0) is 11.2 Å². The van der Waals surface area contributed by atoms with Gasteiger partial charge in [-0.25, -0.2) is 4.79 Å². The summed E-state index contributed by atoms with van der Waals surface area (Å²) >= 11 is 0. The van der Waals surface area contributed by atoms with Crippen molar-refractivity contribution in [3.05, 3.63) is 65.0 Å². The Bertz CT molecular complexity index is 621. The molecule has 0 saturated heterocycles. The minimum Gasteiger partial charge on any atom is -0.462 e. The maximum absolute atomic E-state index is 12.9. The molecule has 0 unspecified atom stereocenters. The van der Waals surface area contributed by atoms with E-state index in [1.165, 1.54) is 12.1 Å². The largest absolute Gasteiger partial charge is 0.462 e. The molecule has 1 aromatic heterocycles. The van der Waals surface area contributed by atoms with E-state index in [-0.39, 0.29) is 12.6 Å². The molecule has 0 fully saturated rings. The number of ether oxygens (including phenoxy) is 1. The normalized spacial score (nSPS) is 10.5. The zero-order chi connectivity index (χ0) is 15.9. The molecule has 0 atom stereocenters. The zero-order valence-corrected chi connectivity index (χ0v) is 12.3. The Kier molecular flexibility index (Phi) is 5.58. The van der Waals surface area contributed by atoms with E-state index >= 15 is 0 Å². The fraction of sp³-hybridized carbons (Fsp3) is 0.294. The summed E-state index contributed by atoms with van der Waals surface area (Å²) < 4.78 is 31.0. The summed E-state index contributed by atoms with van der Waals surface area (Å²) in [4.78, 5) is 14.8. The van der Waals surface area contributed by atoms with E-state index in [4.69, 9.17) is 4.74 Å². The van der Waals surface area contributed by atoms with Crippen LogP contribution in [-0.4, -0.2) is 17.6 Å². The highest BCUT2D eigenvalue weighted by molar-refractivity contribution is 5.89. The summed E-state index contributed by atoms with van der Waals surface area (Å²) in [5, 5.41) is 0. The number of rotatable bonds is 6. The van der Waals surface area contributed by atoms with Gasteiger partial charge in [-0.2, -0.15) is 13.8 Å². The Balaban J connectivity index is 1.71. The van der Waals surface area contributed by atoms with Crippen molar-refractivity contribution in [1.29, 1.82) is 0 Å². The molecule has 0 bridgehead atoms. The molecule has 22 heavy (non-hydrogen) atoms. The molecule has 0 N–H and O–H groups in total. The second kappa shape index (κ2) is 7.64. The number of unbranched alkanes of at least 4 members (excludes halogenated alkanes) is 1. The number of esters is 1. The number of aromatic nitrogens is 1. The molecule has 0 amide bonds. The number of halogens is 2. The highest BCUT2D eigenvalue weighted by atomic mass is 19.1. The van der Waals surface area contributed by atoms with E-state index in [9.17, 15) is 13.6 Å². The van der Waals surface area contributed by atoms with Gasteiger partial charge in [-0.1, -0.05) is 17.7 Å². The number of nitrogens with zero attached hydrogens (tertiary/aromatic N) is 1. The molecule has 0 aliphatic carbocycles. The van der Waals surface area contributed by atoms with Crippen LogP contribution in [0.2, 0.25) is 0 Å². The highest BCUT2D eigenvalue weighted by Crippen LogP contribution is 2.09. The van der Waals surface area contributed by atoms with E-state index in [1.54, 1.807) is 12.1 Å². The molecular weight excluding hydrogens is 288 g/mol. The van der Waals surface area contributed by atoms with Crippen LogP contribution in [0, 0.1) is 18.8 Å². The first-order valence-corrected chi connectivity index (χ1v) is 7.10. The van der Waals surface area contributed by atoms with Gasteiger partial charge in [0.25, 0.3) is 0 Å². The van der Waals surface area contributed by atoms with Crippen molar-refractivity contribution in [2.24, 2.45) is 0 Å². The van der Waals surface area contributed by atoms with E-state index in [0.29, 0.717) is 30.4 Å². The van der Waals surface area contributed by atoms with E-state index in [0.717, 1.165) is 5.56 Å². The number of carbonyl (C=O) groups excluding carboxylic acids is 1. The fourth-order valence-electron chi connectivity index (χ4n) is 2.03. The number of aryl methyl sites for hydroxylation is 2. The van der Waals surface area contributed by atoms with E-state index < -0.39 is 11.9 Å². The van der Waals surface area contributed by atoms with Crippen molar-refractivity contribution in [3.8, 4) is 0 Å². The van der Waals surface area contributed by atoms with Crippen molar-refractivity contribution in [2.75, 3.05) is 6.61 Å². The maximum atomic E-state index is 12.9. The van der Waals surface area contributed by atoms with Crippen molar-refractivity contribution in [1.82, 2.24) is 4.98 Å². The zero-order valence-electron chi connectivity index (χ0n) is 12.3. The molecule has 1 aromatic carbocycles. The summed E-state index contributed by atoms with van der Waals surface area (Å²) in [5.41, 5.74) is 2.15. The molecule has 0 radical (unpaired) electrons. The second-order valence-electron chi connectivity index (χ2n) is 5.08. The second-order valence-corrected chi connectivity index (χ2v) is 5.08. The van der Waals surface area contributed by atoms with Crippen LogP contribution >= 0.6 is 0 Å². The summed E-state index contributed by atoms with van der Waals surface area (Å²) in [6.07, 6.45) is 1.81. The van der Waals surface area contributed by atoms with Gasteiger partial charge in [-0.15, -0.1) is 0 Å². The van der Waals surface area contributed by atoms with Crippen LogP contribution in [0.15, 0.2) is 36.4 Å². The van der Waals surface area contributed by atoms with Crippen molar-refractivity contribution >= 4 is 5.97 Å². The lowest BCUT2D eigenvalue weighted by Crippen LogP contribution is -2.06. The molecule has 2 rings (SSSR count). The van der Waals surface area contributed by atoms with Crippen LogP contribution in [0.3, 0.4) is 0 Å². The highest BCUT2D eigenvalue weighted by Gasteiger charge is 2.06. The third kappa shape index (κ3) is 4.91. The van der Waals surface area contributed by atoms with Crippen molar-refractivity contribution in [3.63, 3.8) is 0 Å². The third-order valence-corrected chi connectivity index (χ3v) is 3.20. The average molecular weight is 305 g/mol. The number of benzene rings is 1. The van der Waals surface area contributed by atoms with Crippen LogP contribution in [0.4, 0.5) is 8.78 Å². The Morgan fingerprint density at radius 1 is 1.09 bits per heavy atom. The van der Waals surface area contributed by atoms with Gasteiger partial charge in [-0.05, 0) is 56.0 Å². The van der Waals surface area contributed by atoms with Gasteiger partial charge in [0.1, 0.15) is 0 Å². The number of carbonyl (C=O) groups is 1. The van der Waals surface area contributed by atoms with Gasteiger partial charge < -0.3 is 4.74 Å². The summed E-state index contributed by atoms with van der Waals surface area (Å²) in [6.45, 7) is 2.22. The Morgan fingerprint density at radius 2 is 1.73 bits per heavy atom. The van der Waals surface area contributed by atoms with Crippen LogP contribution in [0.1, 0.15) is 34.3 Å². The topological polar surface area (TPSA) is 39.2 Å². The molecule has 0 aliphatic rings. The summed E-state index contributed by atoms with van der Waals surface area (Å²) in [7, 11) is 0. The van der Waals surface area contributed by atoms with Crippen LogP contribution < -0.4 is 0 Å². The Morgan fingerprint density at radius 3 is 2.36 bits per heavy atom. The smallest absolute Gasteiger partial charge is 0.338 e. The lowest BCUT2D eigenvalue weighted by Gasteiger charge is -2.05. The molecule has 116 valence electrons. The first-order chi connectivity index (χ1) is 10.5. The third-order valence-electron chi connectivity index (χ3n) is 3.20. The SMILES string of the molecule is Cc1ccc(C(=O)OCCCCc2cc(F)nc(F)c2)cc1. The molecule has 0 saturated carbocycles. The molecular formula is C17H17F2NO2. The minimum atomic E-state index is -0.819. The number of pyridine rings is 1. The van der Waals surface area contributed by atoms with Gasteiger partial charge in [0.2, 0.25) is 11.9 Å². The van der Waals surface area contributed by atoms with Gasteiger partial charge >= 0.3 is 5.97 Å². The summed E-state index contributed by atoms with van der Waals surface area (Å²) in [6, 6.07) is 9.56.